The van der Waals surface area contributed by atoms with Gasteiger partial charge >= 0.3 is 0 Å². The Morgan fingerprint density at radius 2 is 1.77 bits per heavy atom. The fraction of sp³-hybridized carbons (Fsp3) is 0.353. The largest absolute Gasteiger partial charge is 0.404 e. The highest BCUT2D eigenvalue weighted by Crippen LogP contribution is 2.29. The number of amides is 5. The van der Waals surface area contributed by atoms with Crippen molar-refractivity contribution in [3.63, 3.8) is 0 Å². The number of nitrogens with two attached hydrogens (primary N) is 1. The molecule has 3 aliphatic rings. The van der Waals surface area contributed by atoms with Gasteiger partial charge in [-0.25, -0.2) is 4.98 Å². The summed E-state index contributed by atoms with van der Waals surface area (Å²) in [5.74, 6) is -2.00. The number of rotatable bonds is 10. The van der Waals surface area contributed by atoms with Crippen molar-refractivity contribution in [2.45, 2.75) is 57.0 Å². The van der Waals surface area contributed by atoms with Crippen molar-refractivity contribution in [2.24, 2.45) is 10.7 Å². The van der Waals surface area contributed by atoms with E-state index in [9.17, 15) is 24.0 Å². The topological polar surface area (TPSA) is 180 Å². The third-order valence-electron chi connectivity index (χ3n) is 8.75. The summed E-state index contributed by atoms with van der Waals surface area (Å²) in [6.45, 7) is 1.88. The minimum Gasteiger partial charge on any atom is -0.404 e. The zero-order chi connectivity index (χ0) is 32.9. The first-order valence-electron chi connectivity index (χ1n) is 15.9. The predicted molar refractivity (Wildman–Crippen MR) is 175 cm³/mol. The average Bonchev–Trinajstić information content (AvgIpc) is 3.33. The molecule has 0 bridgehead atoms. The van der Waals surface area contributed by atoms with E-state index in [-0.39, 0.29) is 35.9 Å². The van der Waals surface area contributed by atoms with Crippen molar-refractivity contribution in [3.8, 4) is 0 Å². The number of hydrogen-bond acceptors (Lipinski definition) is 10. The fourth-order valence-electron chi connectivity index (χ4n) is 6.11. The van der Waals surface area contributed by atoms with E-state index < -0.39 is 29.7 Å². The SMILES string of the molecule is NC=C(C=NC1CCN(C(=O)CCCCNc2ccc3c(c2)C(=O)N(C2CCC(=O)NC2=O)C3=O)CC1)c1cnc2ccccc2n1. The molecule has 1 atom stereocenters. The number of aliphatic imine (C=N–C) groups is 1. The van der Waals surface area contributed by atoms with E-state index in [1.807, 2.05) is 29.2 Å². The fourth-order valence-corrected chi connectivity index (χ4v) is 6.11. The Morgan fingerprint density at radius 1 is 1.00 bits per heavy atom. The van der Waals surface area contributed by atoms with Gasteiger partial charge in [-0.15, -0.1) is 0 Å². The number of fused-ring (bicyclic) bond motifs is 2. The number of hydrogen-bond donors (Lipinski definition) is 3. The van der Waals surface area contributed by atoms with Crippen LogP contribution in [0.15, 0.2) is 59.9 Å². The van der Waals surface area contributed by atoms with Crippen LogP contribution < -0.4 is 16.4 Å². The molecule has 2 aromatic carbocycles. The molecule has 4 N–H and O–H groups in total. The Kier molecular flexibility index (Phi) is 9.32. The van der Waals surface area contributed by atoms with Crippen molar-refractivity contribution in [3.05, 3.63) is 71.7 Å². The number of para-hydroxylation sites is 2. The molecule has 4 heterocycles. The number of anilines is 1. The van der Waals surface area contributed by atoms with Gasteiger partial charge in [0.15, 0.2) is 0 Å². The van der Waals surface area contributed by atoms with Gasteiger partial charge < -0.3 is 16.0 Å². The van der Waals surface area contributed by atoms with Crippen molar-refractivity contribution in [1.29, 1.82) is 0 Å². The molecule has 13 heteroatoms. The first kappa shape index (κ1) is 31.5. The van der Waals surface area contributed by atoms with E-state index in [1.54, 1.807) is 30.6 Å². The van der Waals surface area contributed by atoms with E-state index >= 15 is 0 Å². The highest BCUT2D eigenvalue weighted by atomic mass is 16.2. The van der Waals surface area contributed by atoms with Crippen LogP contribution in [0.1, 0.15) is 71.4 Å². The van der Waals surface area contributed by atoms with Crippen LogP contribution in [-0.2, 0) is 14.4 Å². The maximum atomic E-state index is 13.0. The average molecular weight is 637 g/mol. The van der Waals surface area contributed by atoms with Crippen LogP contribution in [0, 0.1) is 0 Å². The van der Waals surface area contributed by atoms with Crippen LogP contribution in [0.3, 0.4) is 0 Å². The number of unbranched alkanes of at least 4 members (excludes halogenated alkanes) is 1. The number of allylic oxidation sites excluding steroid dienone is 1. The summed E-state index contributed by atoms with van der Waals surface area (Å²) in [7, 11) is 0. The lowest BCUT2D eigenvalue weighted by atomic mass is 10.0. The monoisotopic (exact) mass is 636 g/mol. The third-order valence-corrected chi connectivity index (χ3v) is 8.75. The zero-order valence-corrected chi connectivity index (χ0v) is 25.9. The Bertz CT molecular complexity index is 1800. The first-order valence-corrected chi connectivity index (χ1v) is 15.9. The molecule has 3 aromatic rings. The molecule has 13 nitrogen and oxygen atoms in total. The lowest BCUT2D eigenvalue weighted by Gasteiger charge is -2.30. The standard InChI is InChI=1S/C34H36N8O5/c35-18-21(28-20-38-26-5-1-2-6-27(26)39-28)19-37-22-12-15-41(16-13-22)31(44)7-3-4-14-36-23-8-9-24-25(17-23)34(47)42(33(24)46)29-10-11-30(43)40-32(29)45/h1-2,5-6,8-9,17-20,22,29,36H,3-4,7,10-16,35H2,(H,40,43,45). The molecule has 6 rings (SSSR count). The summed E-state index contributed by atoms with van der Waals surface area (Å²) in [4.78, 5) is 79.2. The molecule has 2 fully saturated rings. The second-order valence-electron chi connectivity index (χ2n) is 11.8. The maximum Gasteiger partial charge on any atom is 0.262 e. The molecule has 0 radical (unpaired) electrons. The number of likely N-dealkylation sites (tertiary alicyclic amines) is 1. The lowest BCUT2D eigenvalue weighted by Crippen LogP contribution is -2.54. The number of piperidine rings is 2. The number of carbonyl (C=O) groups excluding carboxylic acids is 5. The molecule has 0 saturated carbocycles. The molecule has 3 aliphatic heterocycles. The van der Waals surface area contributed by atoms with Gasteiger partial charge in [0.05, 0.1) is 40.1 Å². The van der Waals surface area contributed by atoms with E-state index in [4.69, 9.17) is 10.7 Å². The lowest BCUT2D eigenvalue weighted by molar-refractivity contribution is -0.136. The molecule has 0 spiro atoms. The van der Waals surface area contributed by atoms with E-state index in [0.717, 1.165) is 35.2 Å². The van der Waals surface area contributed by atoms with E-state index in [1.165, 1.54) is 6.20 Å². The Morgan fingerprint density at radius 3 is 2.53 bits per heavy atom. The molecule has 47 heavy (non-hydrogen) atoms. The molecule has 1 aromatic heterocycles. The Balaban J connectivity index is 0.919. The van der Waals surface area contributed by atoms with Gasteiger partial charge in [0.2, 0.25) is 17.7 Å². The molecule has 5 amide bonds. The van der Waals surface area contributed by atoms with Crippen molar-refractivity contribution in [2.75, 3.05) is 25.0 Å². The predicted octanol–water partition coefficient (Wildman–Crippen LogP) is 2.67. The van der Waals surface area contributed by atoms with Crippen molar-refractivity contribution in [1.82, 2.24) is 25.1 Å². The van der Waals surface area contributed by atoms with Crippen LogP contribution in [-0.4, -0.2) is 87.2 Å². The zero-order valence-electron chi connectivity index (χ0n) is 25.9. The van der Waals surface area contributed by atoms with Crippen LogP contribution >= 0.6 is 0 Å². The van der Waals surface area contributed by atoms with Crippen LogP contribution in [0.4, 0.5) is 5.69 Å². The van der Waals surface area contributed by atoms with Crippen molar-refractivity contribution >= 4 is 58.0 Å². The normalized spacial score (nSPS) is 19.1. The molecule has 242 valence electrons. The van der Waals surface area contributed by atoms with Crippen LogP contribution in [0.5, 0.6) is 0 Å². The minimum atomic E-state index is -0.995. The summed E-state index contributed by atoms with van der Waals surface area (Å²) in [5.41, 5.74) is 9.97. The molecule has 1 unspecified atom stereocenters. The summed E-state index contributed by atoms with van der Waals surface area (Å²) in [6.07, 6.45) is 8.53. The summed E-state index contributed by atoms with van der Waals surface area (Å²) < 4.78 is 0. The molecular formula is C34H36N8O5. The number of aromatic nitrogens is 2. The van der Waals surface area contributed by atoms with Crippen LogP contribution in [0.25, 0.3) is 16.6 Å². The highest BCUT2D eigenvalue weighted by Gasteiger charge is 2.44. The molecule has 2 saturated heterocycles. The summed E-state index contributed by atoms with van der Waals surface area (Å²) in [6, 6.07) is 11.7. The van der Waals surface area contributed by atoms with E-state index in [2.05, 4.69) is 20.6 Å². The minimum absolute atomic E-state index is 0.0728. The molecular weight excluding hydrogens is 600 g/mol. The third kappa shape index (κ3) is 6.88. The number of carbonyl (C=O) groups is 5. The maximum absolute atomic E-state index is 13.0. The summed E-state index contributed by atoms with van der Waals surface area (Å²) >= 11 is 0. The van der Waals surface area contributed by atoms with Gasteiger partial charge in [-0.3, -0.25) is 44.2 Å². The van der Waals surface area contributed by atoms with Gasteiger partial charge in [-0.05, 0) is 62.4 Å². The van der Waals surface area contributed by atoms with Gasteiger partial charge in [0.25, 0.3) is 11.8 Å². The van der Waals surface area contributed by atoms with Gasteiger partial charge in [-0.1, -0.05) is 12.1 Å². The number of nitrogens with one attached hydrogen (secondary N) is 2. The second kappa shape index (κ2) is 13.9. The highest BCUT2D eigenvalue weighted by molar-refractivity contribution is 6.23. The van der Waals surface area contributed by atoms with Gasteiger partial charge in [-0.2, -0.15) is 0 Å². The smallest absolute Gasteiger partial charge is 0.262 e. The van der Waals surface area contributed by atoms with E-state index in [0.29, 0.717) is 49.4 Å². The number of imide groups is 2. The summed E-state index contributed by atoms with van der Waals surface area (Å²) in [5, 5.41) is 5.46. The second-order valence-corrected chi connectivity index (χ2v) is 11.8. The number of nitrogens with zero attached hydrogens (tertiary/aromatic N) is 5. The number of benzene rings is 2. The first-order chi connectivity index (χ1) is 22.8. The van der Waals surface area contributed by atoms with Crippen LogP contribution in [0.2, 0.25) is 0 Å². The Labute approximate surface area is 271 Å². The Hall–Kier alpha value is -5.46. The van der Waals surface area contributed by atoms with Crippen molar-refractivity contribution < 1.29 is 24.0 Å². The van der Waals surface area contributed by atoms with Gasteiger partial charge in [0.1, 0.15) is 6.04 Å². The quantitative estimate of drug-likeness (QED) is 0.171. The van der Waals surface area contributed by atoms with Gasteiger partial charge in [0, 0.05) is 56.2 Å². The molecule has 0 aliphatic carbocycles.